The monoisotopic (exact) mass is 306 g/mol. The molecule has 0 aliphatic heterocycles. The molecular formula is C14H10N8O. The van der Waals surface area contributed by atoms with Gasteiger partial charge in [-0.25, -0.2) is 15.8 Å². The number of aromatic nitrogens is 5. The molecule has 3 aromatic rings. The fourth-order valence-corrected chi connectivity index (χ4v) is 1.92. The summed E-state index contributed by atoms with van der Waals surface area (Å²) in [6, 6.07) is 8.31. The van der Waals surface area contributed by atoms with Crippen molar-refractivity contribution in [3.8, 4) is 29.0 Å². The van der Waals surface area contributed by atoms with E-state index < -0.39 is 5.91 Å². The summed E-state index contributed by atoms with van der Waals surface area (Å²) in [4.78, 5) is 23.9. The number of hydrogen-bond acceptors (Lipinski definition) is 7. The average molecular weight is 306 g/mol. The van der Waals surface area contributed by atoms with E-state index >= 15 is 0 Å². The van der Waals surface area contributed by atoms with E-state index in [0.717, 1.165) is 0 Å². The second kappa shape index (κ2) is 6.00. The number of amides is 1. The van der Waals surface area contributed by atoms with Gasteiger partial charge in [0.05, 0.1) is 0 Å². The summed E-state index contributed by atoms with van der Waals surface area (Å²) in [5, 5.41) is 15.7. The first-order valence-electron chi connectivity index (χ1n) is 6.47. The van der Waals surface area contributed by atoms with Crippen molar-refractivity contribution in [1.82, 2.24) is 30.6 Å². The van der Waals surface area contributed by atoms with Crippen LogP contribution in [0.25, 0.3) is 22.9 Å². The molecule has 112 valence electrons. The van der Waals surface area contributed by atoms with Crippen LogP contribution in [0.3, 0.4) is 0 Å². The normalized spacial score (nSPS) is 10.1. The van der Waals surface area contributed by atoms with Gasteiger partial charge in [-0.15, -0.1) is 0 Å². The number of carbonyl (C=O) groups excluding carboxylic acids is 1. The van der Waals surface area contributed by atoms with Crippen molar-refractivity contribution in [2.75, 3.05) is 0 Å². The third-order valence-corrected chi connectivity index (χ3v) is 3.01. The largest absolute Gasteiger partial charge is 0.290 e. The quantitative estimate of drug-likeness (QED) is 0.360. The zero-order chi connectivity index (χ0) is 16.2. The van der Waals surface area contributed by atoms with Gasteiger partial charge in [0.15, 0.2) is 11.6 Å². The molecule has 9 nitrogen and oxygen atoms in total. The van der Waals surface area contributed by atoms with E-state index in [1.165, 1.54) is 18.5 Å². The third-order valence-electron chi connectivity index (χ3n) is 3.01. The highest BCUT2D eigenvalue weighted by atomic mass is 16.2. The lowest BCUT2D eigenvalue weighted by Gasteiger charge is -2.00. The lowest BCUT2D eigenvalue weighted by Crippen LogP contribution is -2.29. The Morgan fingerprint density at radius 3 is 2.87 bits per heavy atom. The van der Waals surface area contributed by atoms with Crippen LogP contribution in [-0.4, -0.2) is 31.1 Å². The highest BCUT2D eigenvalue weighted by Gasteiger charge is 2.12. The number of carbonyl (C=O) groups is 1. The molecule has 3 heterocycles. The topological polar surface area (TPSA) is 146 Å². The summed E-state index contributed by atoms with van der Waals surface area (Å²) >= 11 is 0. The molecule has 0 spiro atoms. The van der Waals surface area contributed by atoms with Crippen LogP contribution in [0.2, 0.25) is 0 Å². The molecule has 0 saturated carbocycles. The molecule has 0 radical (unpaired) electrons. The zero-order valence-electron chi connectivity index (χ0n) is 11.7. The van der Waals surface area contributed by atoms with Crippen molar-refractivity contribution in [3.05, 3.63) is 47.9 Å². The van der Waals surface area contributed by atoms with Crippen LogP contribution in [0.15, 0.2) is 36.7 Å². The Kier molecular flexibility index (Phi) is 3.73. The molecule has 9 heteroatoms. The van der Waals surface area contributed by atoms with Crippen LogP contribution in [0, 0.1) is 11.3 Å². The van der Waals surface area contributed by atoms with Gasteiger partial charge in [-0.05, 0) is 24.3 Å². The molecule has 3 rings (SSSR count). The standard InChI is InChI=1S/C14H10N8O/c15-7-10-5-8(1-3-17-10)12-19-13(22-21-12)11-6-9(2-4-18-11)14(23)20-16/h1-6H,16H2,(H,20,23)(H,19,21,22). The Hall–Kier alpha value is -3.64. The Morgan fingerprint density at radius 1 is 1.26 bits per heavy atom. The minimum atomic E-state index is -0.429. The van der Waals surface area contributed by atoms with Crippen LogP contribution >= 0.6 is 0 Å². The Balaban J connectivity index is 1.96. The lowest BCUT2D eigenvalue weighted by atomic mass is 10.2. The maximum absolute atomic E-state index is 11.5. The van der Waals surface area contributed by atoms with Crippen LogP contribution in [-0.2, 0) is 0 Å². The minimum absolute atomic E-state index is 0.272. The van der Waals surface area contributed by atoms with Crippen molar-refractivity contribution < 1.29 is 4.79 Å². The summed E-state index contributed by atoms with van der Waals surface area (Å²) in [6.45, 7) is 0. The predicted octanol–water partition coefficient (Wildman–Crippen LogP) is 0.404. The summed E-state index contributed by atoms with van der Waals surface area (Å²) in [7, 11) is 0. The van der Waals surface area contributed by atoms with Crippen LogP contribution in [0.4, 0.5) is 0 Å². The number of nitrogens with zero attached hydrogens (tertiary/aromatic N) is 5. The van der Waals surface area contributed by atoms with Crippen molar-refractivity contribution in [2.45, 2.75) is 0 Å². The van der Waals surface area contributed by atoms with Crippen molar-refractivity contribution in [2.24, 2.45) is 5.84 Å². The van der Waals surface area contributed by atoms with Crippen molar-refractivity contribution in [3.63, 3.8) is 0 Å². The van der Waals surface area contributed by atoms with Crippen LogP contribution in [0.5, 0.6) is 0 Å². The Labute approximate surface area is 130 Å². The van der Waals surface area contributed by atoms with E-state index in [1.54, 1.807) is 18.2 Å². The van der Waals surface area contributed by atoms with Gasteiger partial charge < -0.3 is 0 Å². The lowest BCUT2D eigenvalue weighted by molar-refractivity contribution is 0.0953. The SMILES string of the molecule is N#Cc1cc(-c2n[nH]c(-c3cc(C(=O)NN)ccn3)n2)ccn1. The summed E-state index contributed by atoms with van der Waals surface area (Å²) in [5.41, 5.74) is 3.77. The minimum Gasteiger partial charge on any atom is -0.290 e. The zero-order valence-corrected chi connectivity index (χ0v) is 11.7. The number of hydrogen-bond donors (Lipinski definition) is 3. The van der Waals surface area contributed by atoms with E-state index in [-0.39, 0.29) is 5.69 Å². The van der Waals surface area contributed by atoms with E-state index in [1.807, 2.05) is 6.07 Å². The van der Waals surface area contributed by atoms with E-state index in [4.69, 9.17) is 11.1 Å². The molecule has 0 aliphatic carbocycles. The number of hydrazine groups is 1. The maximum Gasteiger partial charge on any atom is 0.265 e. The van der Waals surface area contributed by atoms with Crippen molar-refractivity contribution in [1.29, 1.82) is 5.26 Å². The van der Waals surface area contributed by atoms with Crippen LogP contribution in [0.1, 0.15) is 16.1 Å². The van der Waals surface area contributed by atoms with E-state index in [0.29, 0.717) is 28.5 Å². The van der Waals surface area contributed by atoms with E-state index in [2.05, 4.69) is 30.6 Å². The summed E-state index contributed by atoms with van der Waals surface area (Å²) < 4.78 is 0. The number of aromatic amines is 1. The fraction of sp³-hybridized carbons (Fsp3) is 0. The molecule has 1 amide bonds. The second-order valence-electron chi connectivity index (χ2n) is 4.45. The first-order valence-corrected chi connectivity index (χ1v) is 6.47. The van der Waals surface area contributed by atoms with Crippen molar-refractivity contribution >= 4 is 5.91 Å². The number of nitrogens with two attached hydrogens (primary N) is 1. The smallest absolute Gasteiger partial charge is 0.265 e. The number of pyridine rings is 2. The highest BCUT2D eigenvalue weighted by Crippen LogP contribution is 2.19. The molecule has 3 aromatic heterocycles. The fourth-order valence-electron chi connectivity index (χ4n) is 1.92. The van der Waals surface area contributed by atoms with Gasteiger partial charge in [-0.2, -0.15) is 10.4 Å². The number of nitrogens with one attached hydrogen (secondary N) is 2. The molecule has 0 saturated heterocycles. The molecule has 0 unspecified atom stereocenters. The number of nitrogen functional groups attached to an aromatic ring is 1. The Morgan fingerprint density at radius 2 is 2.09 bits per heavy atom. The molecule has 0 aromatic carbocycles. The number of H-pyrrole nitrogens is 1. The molecule has 23 heavy (non-hydrogen) atoms. The summed E-state index contributed by atoms with van der Waals surface area (Å²) in [5.74, 6) is 5.47. The van der Waals surface area contributed by atoms with Gasteiger partial charge in [0.25, 0.3) is 5.91 Å². The average Bonchev–Trinajstić information content (AvgIpc) is 3.11. The molecule has 0 aliphatic rings. The van der Waals surface area contributed by atoms with Gasteiger partial charge in [0.1, 0.15) is 17.5 Å². The predicted molar refractivity (Wildman–Crippen MR) is 79.2 cm³/mol. The molecule has 4 N–H and O–H groups in total. The maximum atomic E-state index is 11.5. The Bertz CT molecular complexity index is 911. The third kappa shape index (κ3) is 2.87. The molecule has 0 bridgehead atoms. The van der Waals surface area contributed by atoms with E-state index in [9.17, 15) is 4.79 Å². The number of nitriles is 1. The highest BCUT2D eigenvalue weighted by molar-refractivity contribution is 5.94. The van der Waals surface area contributed by atoms with Gasteiger partial charge in [-0.3, -0.25) is 20.3 Å². The van der Waals surface area contributed by atoms with Gasteiger partial charge in [-0.1, -0.05) is 0 Å². The number of rotatable bonds is 3. The molecule has 0 fully saturated rings. The van der Waals surface area contributed by atoms with Gasteiger partial charge >= 0.3 is 0 Å². The first kappa shape index (κ1) is 14.3. The van der Waals surface area contributed by atoms with Crippen LogP contribution < -0.4 is 11.3 Å². The van der Waals surface area contributed by atoms with Gasteiger partial charge in [0, 0.05) is 23.5 Å². The first-order chi connectivity index (χ1) is 11.2. The molecule has 0 atom stereocenters. The molecular weight excluding hydrogens is 296 g/mol. The van der Waals surface area contributed by atoms with Gasteiger partial charge in [0.2, 0.25) is 0 Å². The second-order valence-corrected chi connectivity index (χ2v) is 4.45. The summed E-state index contributed by atoms with van der Waals surface area (Å²) in [6.07, 6.45) is 2.98.